The molecule has 0 saturated heterocycles. The van der Waals surface area contributed by atoms with Gasteiger partial charge < -0.3 is 0 Å². The standard InChI is InChI=1S/C32H42/c1-29(2,3)23-14-18-25(19-15-23)31(7,8)27-12-11-13-28(22-27)32(9,10)26-20-16-24(17-21-26)30(4,5)6/h11-22H,1-10H3. The van der Waals surface area contributed by atoms with Crippen LogP contribution in [-0.2, 0) is 21.7 Å². The molecule has 3 aromatic rings. The first-order valence-corrected chi connectivity index (χ1v) is 12.0. The normalized spacial score (nSPS) is 13.3. The molecule has 0 bridgehead atoms. The first kappa shape index (κ1) is 24.3. The average Bonchev–Trinajstić information content (AvgIpc) is 2.73. The molecule has 0 aliphatic rings. The zero-order chi connectivity index (χ0) is 23.9. The molecule has 0 heterocycles. The number of rotatable bonds is 4. The maximum absolute atomic E-state index is 2.41. The van der Waals surface area contributed by atoms with Crippen LogP contribution in [0.15, 0.2) is 72.8 Å². The average molecular weight is 427 g/mol. The van der Waals surface area contributed by atoms with E-state index in [-0.39, 0.29) is 21.7 Å². The Morgan fingerprint density at radius 3 is 0.906 bits per heavy atom. The summed E-state index contributed by atoms with van der Waals surface area (Å²) in [5, 5.41) is 0. The van der Waals surface area contributed by atoms with Crippen molar-refractivity contribution >= 4 is 0 Å². The molecule has 0 amide bonds. The van der Waals surface area contributed by atoms with Crippen molar-refractivity contribution in [2.45, 2.75) is 90.9 Å². The molecular weight excluding hydrogens is 384 g/mol. The van der Waals surface area contributed by atoms with Gasteiger partial charge in [0.2, 0.25) is 0 Å². The first-order valence-electron chi connectivity index (χ1n) is 12.0. The van der Waals surface area contributed by atoms with Gasteiger partial charge in [-0.05, 0) is 44.2 Å². The van der Waals surface area contributed by atoms with Crippen molar-refractivity contribution in [1.82, 2.24) is 0 Å². The highest BCUT2D eigenvalue weighted by Crippen LogP contribution is 2.38. The molecule has 32 heavy (non-hydrogen) atoms. The molecule has 170 valence electrons. The fraction of sp³-hybridized carbons (Fsp3) is 0.438. The van der Waals surface area contributed by atoms with Crippen molar-refractivity contribution in [2.75, 3.05) is 0 Å². The second-order valence-electron chi connectivity index (χ2n) is 12.5. The topological polar surface area (TPSA) is 0 Å². The van der Waals surface area contributed by atoms with Crippen molar-refractivity contribution < 1.29 is 0 Å². The van der Waals surface area contributed by atoms with Crippen LogP contribution in [0.3, 0.4) is 0 Å². The fourth-order valence-electron chi connectivity index (χ4n) is 4.40. The van der Waals surface area contributed by atoms with Crippen LogP contribution in [0.1, 0.15) is 103 Å². The molecule has 3 aromatic carbocycles. The minimum Gasteiger partial charge on any atom is -0.0617 e. The van der Waals surface area contributed by atoms with E-state index in [2.05, 4.69) is 142 Å². The SMILES string of the molecule is CC(C)(C)c1ccc(C(C)(C)c2cccc(C(C)(C)c3ccc(C(C)(C)C)cc3)c2)cc1. The monoisotopic (exact) mass is 426 g/mol. The Bertz CT molecular complexity index is 962. The zero-order valence-electron chi connectivity index (χ0n) is 21.9. The molecule has 0 radical (unpaired) electrons. The Morgan fingerprint density at radius 1 is 0.344 bits per heavy atom. The van der Waals surface area contributed by atoms with Crippen LogP contribution in [0.4, 0.5) is 0 Å². The molecule has 3 rings (SSSR count). The van der Waals surface area contributed by atoms with Gasteiger partial charge >= 0.3 is 0 Å². The summed E-state index contributed by atoms with van der Waals surface area (Å²) in [4.78, 5) is 0. The lowest BCUT2D eigenvalue weighted by Gasteiger charge is -2.31. The highest BCUT2D eigenvalue weighted by atomic mass is 14.3. The Morgan fingerprint density at radius 2 is 0.625 bits per heavy atom. The van der Waals surface area contributed by atoms with E-state index in [0.717, 1.165) is 0 Å². The number of benzene rings is 3. The van der Waals surface area contributed by atoms with Crippen molar-refractivity contribution in [2.24, 2.45) is 0 Å². The second-order valence-corrected chi connectivity index (χ2v) is 12.5. The summed E-state index contributed by atoms with van der Waals surface area (Å²) in [6.45, 7) is 23.0. The third-order valence-electron chi connectivity index (χ3n) is 7.25. The smallest absolute Gasteiger partial charge is 0.0146 e. The minimum absolute atomic E-state index is 0.0569. The molecule has 0 heteroatoms. The van der Waals surface area contributed by atoms with Crippen LogP contribution in [0, 0.1) is 0 Å². The lowest BCUT2D eigenvalue weighted by atomic mass is 9.72. The summed E-state index contributed by atoms with van der Waals surface area (Å²) in [6, 6.07) is 27.6. The van der Waals surface area contributed by atoms with E-state index in [4.69, 9.17) is 0 Å². The van der Waals surface area contributed by atoms with E-state index < -0.39 is 0 Å². The Kier molecular flexibility index (Phi) is 6.24. The van der Waals surface area contributed by atoms with E-state index in [1.165, 1.54) is 33.4 Å². The van der Waals surface area contributed by atoms with Gasteiger partial charge in [0.15, 0.2) is 0 Å². The number of hydrogen-bond donors (Lipinski definition) is 0. The molecule has 0 nitrogen and oxygen atoms in total. The van der Waals surface area contributed by atoms with Gasteiger partial charge in [0.1, 0.15) is 0 Å². The fourth-order valence-corrected chi connectivity index (χ4v) is 4.40. The molecule has 0 fully saturated rings. The molecule has 0 N–H and O–H groups in total. The summed E-state index contributed by atoms with van der Waals surface area (Å²) in [5.41, 5.74) is 8.43. The molecule has 0 saturated carbocycles. The van der Waals surface area contributed by atoms with E-state index in [9.17, 15) is 0 Å². The van der Waals surface area contributed by atoms with Gasteiger partial charge in [-0.25, -0.2) is 0 Å². The van der Waals surface area contributed by atoms with Gasteiger partial charge in [-0.3, -0.25) is 0 Å². The van der Waals surface area contributed by atoms with Crippen LogP contribution in [-0.4, -0.2) is 0 Å². The van der Waals surface area contributed by atoms with Crippen LogP contribution < -0.4 is 0 Å². The van der Waals surface area contributed by atoms with Gasteiger partial charge in [-0.1, -0.05) is 142 Å². The second kappa shape index (κ2) is 8.22. The van der Waals surface area contributed by atoms with Crippen molar-refractivity contribution in [1.29, 1.82) is 0 Å². The third kappa shape index (κ3) is 4.85. The lowest BCUT2D eigenvalue weighted by Crippen LogP contribution is -2.23. The Labute approximate surface area is 197 Å². The molecule has 0 spiro atoms. The first-order chi connectivity index (χ1) is 14.6. The maximum Gasteiger partial charge on any atom is 0.0146 e. The van der Waals surface area contributed by atoms with Crippen molar-refractivity contribution in [3.8, 4) is 0 Å². The van der Waals surface area contributed by atoms with Crippen LogP contribution in [0.25, 0.3) is 0 Å². The number of hydrogen-bond acceptors (Lipinski definition) is 0. The predicted molar refractivity (Wildman–Crippen MR) is 141 cm³/mol. The van der Waals surface area contributed by atoms with Gasteiger partial charge in [-0.15, -0.1) is 0 Å². The highest BCUT2D eigenvalue weighted by Gasteiger charge is 2.28. The van der Waals surface area contributed by atoms with Crippen LogP contribution >= 0.6 is 0 Å². The maximum atomic E-state index is 2.41. The van der Waals surface area contributed by atoms with Gasteiger partial charge in [0, 0.05) is 10.8 Å². The van der Waals surface area contributed by atoms with Crippen molar-refractivity contribution in [3.63, 3.8) is 0 Å². The molecule has 0 atom stereocenters. The quantitative estimate of drug-likeness (QED) is 0.390. The van der Waals surface area contributed by atoms with E-state index >= 15 is 0 Å². The Hall–Kier alpha value is -2.34. The predicted octanol–water partition coefficient (Wildman–Crippen LogP) is 8.93. The van der Waals surface area contributed by atoms with Gasteiger partial charge in [0.05, 0.1) is 0 Å². The van der Waals surface area contributed by atoms with Crippen LogP contribution in [0.2, 0.25) is 0 Å². The molecule has 0 aliphatic carbocycles. The molecule has 0 unspecified atom stereocenters. The summed E-state index contributed by atoms with van der Waals surface area (Å²) >= 11 is 0. The summed E-state index contributed by atoms with van der Waals surface area (Å²) < 4.78 is 0. The summed E-state index contributed by atoms with van der Waals surface area (Å²) in [5.74, 6) is 0. The molecule has 0 aliphatic heterocycles. The van der Waals surface area contributed by atoms with Gasteiger partial charge in [0.25, 0.3) is 0 Å². The van der Waals surface area contributed by atoms with E-state index in [0.29, 0.717) is 0 Å². The van der Waals surface area contributed by atoms with Crippen molar-refractivity contribution in [3.05, 3.63) is 106 Å². The summed E-state index contributed by atoms with van der Waals surface area (Å²) in [6.07, 6.45) is 0. The third-order valence-corrected chi connectivity index (χ3v) is 7.25. The van der Waals surface area contributed by atoms with E-state index in [1.807, 2.05) is 0 Å². The largest absolute Gasteiger partial charge is 0.0617 e. The van der Waals surface area contributed by atoms with Gasteiger partial charge in [-0.2, -0.15) is 0 Å². The van der Waals surface area contributed by atoms with E-state index in [1.54, 1.807) is 0 Å². The zero-order valence-corrected chi connectivity index (χ0v) is 21.9. The molecular formula is C32H42. The summed E-state index contributed by atoms with van der Waals surface area (Å²) in [7, 11) is 0. The van der Waals surface area contributed by atoms with Crippen LogP contribution in [0.5, 0.6) is 0 Å². The highest BCUT2D eigenvalue weighted by molar-refractivity contribution is 5.46. The molecule has 0 aromatic heterocycles. The lowest BCUT2D eigenvalue weighted by molar-refractivity contribution is 0.585. The minimum atomic E-state index is -0.0569. The Balaban J connectivity index is 1.96.